The number of urea groups is 1. The number of hydrogen-bond acceptors (Lipinski definition) is 3. The molecule has 0 heterocycles. The van der Waals surface area contributed by atoms with Gasteiger partial charge in [0.05, 0.1) is 18.7 Å². The first-order valence-electron chi connectivity index (χ1n) is 7.72. The molecule has 0 radical (unpaired) electrons. The molecule has 0 aliphatic carbocycles. The number of aliphatic carboxylic acids is 1. The van der Waals surface area contributed by atoms with E-state index in [1.54, 1.807) is 18.2 Å². The Morgan fingerprint density at radius 3 is 2.48 bits per heavy atom. The van der Waals surface area contributed by atoms with Crippen molar-refractivity contribution in [3.05, 3.63) is 24.3 Å². The Hall–Kier alpha value is -2.24. The first-order valence-corrected chi connectivity index (χ1v) is 7.72. The summed E-state index contributed by atoms with van der Waals surface area (Å²) in [5.41, 5.74) is 0.368. The van der Waals surface area contributed by atoms with Gasteiger partial charge >= 0.3 is 12.0 Å². The van der Waals surface area contributed by atoms with E-state index in [2.05, 4.69) is 10.6 Å². The Balaban J connectivity index is 2.64. The molecule has 0 aromatic heterocycles. The van der Waals surface area contributed by atoms with Crippen molar-refractivity contribution in [3.63, 3.8) is 0 Å². The van der Waals surface area contributed by atoms with Crippen molar-refractivity contribution in [2.45, 2.75) is 34.1 Å². The molecule has 0 aliphatic heterocycles. The maximum Gasteiger partial charge on any atom is 0.319 e. The van der Waals surface area contributed by atoms with Gasteiger partial charge in [-0.15, -0.1) is 0 Å². The van der Waals surface area contributed by atoms with Crippen LogP contribution in [-0.2, 0) is 4.79 Å². The zero-order chi connectivity index (χ0) is 17.5. The molecule has 1 atom stereocenters. The topological polar surface area (TPSA) is 87.7 Å². The molecule has 1 aromatic carbocycles. The van der Waals surface area contributed by atoms with Crippen LogP contribution in [0, 0.1) is 11.3 Å². The highest BCUT2D eigenvalue weighted by atomic mass is 16.5. The summed E-state index contributed by atoms with van der Waals surface area (Å²) < 4.78 is 5.45. The molecular formula is C17H26N2O4. The number of carboxylic acid groups (broad SMARTS) is 1. The van der Waals surface area contributed by atoms with E-state index in [4.69, 9.17) is 9.84 Å². The fraction of sp³-hybridized carbons (Fsp3) is 0.529. The van der Waals surface area contributed by atoms with Crippen LogP contribution in [0.25, 0.3) is 0 Å². The van der Waals surface area contributed by atoms with Crippen LogP contribution >= 0.6 is 0 Å². The average molecular weight is 322 g/mol. The Labute approximate surface area is 137 Å². The number of carbonyl (C=O) groups excluding carboxylic acids is 1. The van der Waals surface area contributed by atoms with Crippen molar-refractivity contribution in [2.24, 2.45) is 11.3 Å². The highest BCUT2D eigenvalue weighted by Crippen LogP contribution is 2.28. The predicted octanol–water partition coefficient (Wildman–Crippen LogP) is 3.34. The molecule has 1 aromatic rings. The van der Waals surface area contributed by atoms with Gasteiger partial charge in [-0.25, -0.2) is 4.79 Å². The lowest BCUT2D eigenvalue weighted by Gasteiger charge is -2.29. The minimum atomic E-state index is -0.867. The number of nitrogens with one attached hydrogen (secondary N) is 2. The molecular weight excluding hydrogens is 296 g/mol. The van der Waals surface area contributed by atoms with Gasteiger partial charge in [-0.3, -0.25) is 4.79 Å². The summed E-state index contributed by atoms with van der Waals surface area (Å²) in [7, 11) is 0. The van der Waals surface area contributed by atoms with Crippen LogP contribution in [0.5, 0.6) is 5.75 Å². The van der Waals surface area contributed by atoms with Crippen LogP contribution in [0.2, 0.25) is 0 Å². The molecule has 0 spiro atoms. The number of anilines is 1. The smallest absolute Gasteiger partial charge is 0.319 e. The zero-order valence-electron chi connectivity index (χ0n) is 14.2. The van der Waals surface area contributed by atoms with E-state index < -0.39 is 5.97 Å². The Kier molecular flexibility index (Phi) is 6.88. The third-order valence-corrected chi connectivity index (χ3v) is 3.59. The van der Waals surface area contributed by atoms with Crippen molar-refractivity contribution in [1.29, 1.82) is 0 Å². The first-order chi connectivity index (χ1) is 10.7. The number of carbonyl (C=O) groups is 2. The van der Waals surface area contributed by atoms with Gasteiger partial charge in [0.1, 0.15) is 5.75 Å². The number of para-hydroxylation sites is 2. The fourth-order valence-electron chi connectivity index (χ4n) is 2.13. The second-order valence-corrected chi connectivity index (χ2v) is 6.43. The van der Waals surface area contributed by atoms with E-state index in [0.29, 0.717) is 24.6 Å². The number of carboxylic acids is 1. The molecule has 0 saturated carbocycles. The summed E-state index contributed by atoms with van der Waals surface area (Å²) in [6.07, 6.45) is 0.0132. The van der Waals surface area contributed by atoms with Crippen molar-refractivity contribution >= 4 is 17.7 Å². The van der Waals surface area contributed by atoms with Crippen LogP contribution in [-0.4, -0.2) is 30.3 Å². The standard InChI is InChI=1S/C17H26N2O4/c1-5-23-14-9-7-6-8-13(14)19-16(22)18-11-12(10-15(20)21)17(2,3)4/h6-9,12H,5,10-11H2,1-4H3,(H,20,21)(H2,18,19,22). The van der Waals surface area contributed by atoms with Gasteiger partial charge in [0, 0.05) is 6.54 Å². The number of rotatable bonds is 7. The van der Waals surface area contributed by atoms with Crippen molar-refractivity contribution in [1.82, 2.24) is 5.32 Å². The van der Waals surface area contributed by atoms with Gasteiger partial charge in [-0.2, -0.15) is 0 Å². The lowest BCUT2D eigenvalue weighted by atomic mass is 9.79. The lowest BCUT2D eigenvalue weighted by Crippen LogP contribution is -2.38. The SMILES string of the molecule is CCOc1ccccc1NC(=O)NCC(CC(=O)O)C(C)(C)C. The minimum Gasteiger partial charge on any atom is -0.492 e. The van der Waals surface area contributed by atoms with Crippen LogP contribution in [0.3, 0.4) is 0 Å². The molecule has 0 fully saturated rings. The van der Waals surface area contributed by atoms with E-state index in [-0.39, 0.29) is 23.8 Å². The molecule has 128 valence electrons. The summed E-state index contributed by atoms with van der Waals surface area (Å²) in [5, 5.41) is 14.5. The molecule has 23 heavy (non-hydrogen) atoms. The van der Waals surface area contributed by atoms with Crippen molar-refractivity contribution in [2.75, 3.05) is 18.5 Å². The largest absolute Gasteiger partial charge is 0.492 e. The van der Waals surface area contributed by atoms with E-state index in [0.717, 1.165) is 0 Å². The van der Waals surface area contributed by atoms with Crippen molar-refractivity contribution in [3.8, 4) is 5.75 Å². The second-order valence-electron chi connectivity index (χ2n) is 6.43. The van der Waals surface area contributed by atoms with Crippen LogP contribution in [0.4, 0.5) is 10.5 Å². The van der Waals surface area contributed by atoms with Gasteiger partial charge in [-0.1, -0.05) is 32.9 Å². The highest BCUT2D eigenvalue weighted by Gasteiger charge is 2.27. The summed E-state index contributed by atoms with van der Waals surface area (Å²) >= 11 is 0. The fourth-order valence-corrected chi connectivity index (χ4v) is 2.13. The van der Waals surface area contributed by atoms with Crippen LogP contribution < -0.4 is 15.4 Å². The third kappa shape index (κ3) is 6.59. The van der Waals surface area contributed by atoms with Gasteiger partial charge in [-0.05, 0) is 30.4 Å². The normalized spacial score (nSPS) is 12.3. The number of benzene rings is 1. The summed E-state index contributed by atoms with van der Waals surface area (Å²) in [6.45, 7) is 8.56. The Morgan fingerprint density at radius 1 is 1.26 bits per heavy atom. The van der Waals surface area contributed by atoms with E-state index >= 15 is 0 Å². The number of amides is 2. The van der Waals surface area contributed by atoms with Gasteiger partial charge in [0.25, 0.3) is 0 Å². The van der Waals surface area contributed by atoms with E-state index in [9.17, 15) is 9.59 Å². The summed E-state index contributed by atoms with van der Waals surface area (Å²) in [5.74, 6) is -0.426. The molecule has 1 unspecified atom stereocenters. The van der Waals surface area contributed by atoms with Crippen molar-refractivity contribution < 1.29 is 19.4 Å². The Bertz CT molecular complexity index is 538. The maximum atomic E-state index is 12.1. The van der Waals surface area contributed by atoms with E-state index in [1.807, 2.05) is 33.8 Å². The molecule has 1 rings (SSSR count). The summed E-state index contributed by atoms with van der Waals surface area (Å²) in [4.78, 5) is 23.0. The van der Waals surface area contributed by atoms with Gasteiger partial charge in [0.15, 0.2) is 0 Å². The average Bonchev–Trinajstić information content (AvgIpc) is 2.44. The molecule has 0 aliphatic rings. The number of hydrogen-bond donors (Lipinski definition) is 3. The van der Waals surface area contributed by atoms with Crippen LogP contribution in [0.15, 0.2) is 24.3 Å². The molecule has 6 nitrogen and oxygen atoms in total. The minimum absolute atomic E-state index is 0.0132. The Morgan fingerprint density at radius 2 is 1.91 bits per heavy atom. The summed E-state index contributed by atoms with van der Waals surface area (Å²) in [6, 6.07) is 6.79. The molecule has 3 N–H and O–H groups in total. The van der Waals surface area contributed by atoms with Gasteiger partial charge < -0.3 is 20.5 Å². The third-order valence-electron chi connectivity index (χ3n) is 3.59. The predicted molar refractivity (Wildman–Crippen MR) is 89.8 cm³/mol. The quantitative estimate of drug-likeness (QED) is 0.718. The van der Waals surface area contributed by atoms with Gasteiger partial charge in [0.2, 0.25) is 0 Å². The second kappa shape index (κ2) is 8.41. The molecule has 0 bridgehead atoms. The van der Waals surface area contributed by atoms with E-state index in [1.165, 1.54) is 0 Å². The molecule has 2 amide bonds. The maximum absolute atomic E-state index is 12.1. The highest BCUT2D eigenvalue weighted by molar-refractivity contribution is 5.90. The van der Waals surface area contributed by atoms with Crippen LogP contribution in [0.1, 0.15) is 34.1 Å². The molecule has 6 heteroatoms. The lowest BCUT2D eigenvalue weighted by molar-refractivity contribution is -0.139. The monoisotopic (exact) mass is 322 g/mol. The first kappa shape index (κ1) is 18.8. The molecule has 0 saturated heterocycles. The number of ether oxygens (including phenoxy) is 1. The zero-order valence-corrected chi connectivity index (χ0v) is 14.2.